The molecule has 0 radical (unpaired) electrons. The third-order valence-corrected chi connectivity index (χ3v) is 1.73. The number of hydrogen-bond acceptors (Lipinski definition) is 5. The van der Waals surface area contributed by atoms with Gasteiger partial charge in [-0.25, -0.2) is 13.8 Å². The van der Waals surface area contributed by atoms with Gasteiger partial charge in [0.05, 0.1) is 20.4 Å². The van der Waals surface area contributed by atoms with E-state index in [0.29, 0.717) is 0 Å². The Kier molecular flexibility index (Phi) is 3.73. The van der Waals surface area contributed by atoms with E-state index in [0.717, 1.165) is 0 Å². The summed E-state index contributed by atoms with van der Waals surface area (Å²) in [7, 11) is 2.68. The van der Waals surface area contributed by atoms with Crippen molar-refractivity contribution in [3.8, 4) is 11.8 Å². The van der Waals surface area contributed by atoms with Gasteiger partial charge < -0.3 is 15.2 Å². The van der Waals surface area contributed by atoms with Crippen molar-refractivity contribution in [3.63, 3.8) is 0 Å². The monoisotopic (exact) mass is 219 g/mol. The number of methoxy groups -OCH3 is 2. The molecule has 0 bridgehead atoms. The van der Waals surface area contributed by atoms with E-state index in [1.807, 2.05) is 0 Å². The van der Waals surface area contributed by atoms with Gasteiger partial charge in [0.15, 0.2) is 0 Å². The predicted molar refractivity (Wildman–Crippen MR) is 48.1 cm³/mol. The highest BCUT2D eigenvalue weighted by molar-refractivity contribution is 5.25. The predicted octanol–water partition coefficient (Wildman–Crippen LogP) is 0.759. The van der Waals surface area contributed by atoms with Crippen molar-refractivity contribution >= 4 is 0 Å². The molecule has 7 heteroatoms. The Morgan fingerprint density at radius 2 is 2.00 bits per heavy atom. The van der Waals surface area contributed by atoms with Gasteiger partial charge in [0.2, 0.25) is 11.8 Å². The fourth-order valence-electron chi connectivity index (χ4n) is 0.963. The van der Waals surface area contributed by atoms with Crippen LogP contribution in [0.2, 0.25) is 0 Å². The summed E-state index contributed by atoms with van der Waals surface area (Å²) < 4.78 is 34.2. The van der Waals surface area contributed by atoms with Crippen molar-refractivity contribution in [2.75, 3.05) is 14.2 Å². The number of rotatable bonds is 4. The third kappa shape index (κ3) is 2.50. The van der Waals surface area contributed by atoms with E-state index in [-0.39, 0.29) is 17.5 Å². The van der Waals surface area contributed by atoms with E-state index in [1.54, 1.807) is 0 Å². The minimum absolute atomic E-state index is 0.0536. The van der Waals surface area contributed by atoms with E-state index < -0.39 is 12.5 Å². The molecule has 2 N–H and O–H groups in total. The first-order valence-corrected chi connectivity index (χ1v) is 4.08. The van der Waals surface area contributed by atoms with Gasteiger partial charge in [-0.15, -0.1) is 0 Å². The first-order chi connectivity index (χ1) is 7.10. The zero-order valence-corrected chi connectivity index (χ0v) is 8.28. The zero-order valence-electron chi connectivity index (χ0n) is 8.28. The third-order valence-electron chi connectivity index (χ3n) is 1.73. The Labute approximate surface area is 85.2 Å². The van der Waals surface area contributed by atoms with Crippen LogP contribution in [0.5, 0.6) is 11.8 Å². The number of alkyl halides is 2. The van der Waals surface area contributed by atoms with Gasteiger partial charge in [-0.2, -0.15) is 4.98 Å². The fraction of sp³-hybridized carbons (Fsp3) is 0.500. The van der Waals surface area contributed by atoms with Crippen molar-refractivity contribution in [3.05, 3.63) is 11.9 Å². The summed E-state index contributed by atoms with van der Waals surface area (Å²) in [5.41, 5.74) is 5.14. The molecule has 1 atom stereocenters. The lowest BCUT2D eigenvalue weighted by Crippen LogP contribution is -2.21. The summed E-state index contributed by atoms with van der Waals surface area (Å²) in [6.45, 7) is 0. The van der Waals surface area contributed by atoms with Crippen LogP contribution in [-0.4, -0.2) is 30.6 Å². The lowest BCUT2D eigenvalue weighted by atomic mass is 10.2. The summed E-state index contributed by atoms with van der Waals surface area (Å²) in [6, 6.07) is -1.52. The smallest absolute Gasteiger partial charge is 0.259 e. The Hall–Kier alpha value is -1.50. The second-order valence-corrected chi connectivity index (χ2v) is 2.67. The molecule has 0 amide bonds. The summed E-state index contributed by atoms with van der Waals surface area (Å²) in [5.74, 6) is 0.124. The molecule has 0 aliphatic carbocycles. The molecule has 0 saturated carbocycles. The molecule has 15 heavy (non-hydrogen) atoms. The van der Waals surface area contributed by atoms with Crippen molar-refractivity contribution < 1.29 is 18.3 Å². The van der Waals surface area contributed by atoms with E-state index >= 15 is 0 Å². The topological polar surface area (TPSA) is 70.3 Å². The van der Waals surface area contributed by atoms with Gasteiger partial charge in [0.25, 0.3) is 6.43 Å². The van der Waals surface area contributed by atoms with Crippen LogP contribution in [0.1, 0.15) is 11.7 Å². The molecule has 0 aliphatic rings. The minimum Gasteiger partial charge on any atom is -0.480 e. The quantitative estimate of drug-likeness (QED) is 0.809. The molecule has 1 aromatic heterocycles. The van der Waals surface area contributed by atoms with Gasteiger partial charge in [-0.1, -0.05) is 0 Å². The molecule has 0 spiro atoms. The van der Waals surface area contributed by atoms with Crippen LogP contribution in [0.4, 0.5) is 8.78 Å². The van der Waals surface area contributed by atoms with E-state index in [2.05, 4.69) is 9.97 Å². The molecule has 0 fully saturated rings. The minimum atomic E-state index is -2.72. The number of halogens is 2. The first-order valence-electron chi connectivity index (χ1n) is 4.08. The Balaban J connectivity index is 3.07. The standard InChI is InChI=1S/C8H11F2N3O2/c1-14-4-3-12-6(5(11)7(9)10)8(13-4)15-2/h3,5,7H,11H2,1-2H3. The van der Waals surface area contributed by atoms with Crippen LogP contribution in [0.3, 0.4) is 0 Å². The SMILES string of the molecule is COc1cnc(C(N)C(F)F)c(OC)n1. The van der Waals surface area contributed by atoms with Crippen molar-refractivity contribution in [1.82, 2.24) is 9.97 Å². The van der Waals surface area contributed by atoms with E-state index in [1.165, 1.54) is 20.4 Å². The number of nitrogens with two attached hydrogens (primary N) is 1. The lowest BCUT2D eigenvalue weighted by Gasteiger charge is -2.13. The van der Waals surface area contributed by atoms with Gasteiger partial charge in [0.1, 0.15) is 11.7 Å². The molecule has 84 valence electrons. The first kappa shape index (κ1) is 11.6. The molecule has 1 heterocycles. The number of ether oxygens (including phenoxy) is 2. The number of aromatic nitrogens is 2. The maximum atomic E-state index is 12.3. The normalized spacial score (nSPS) is 12.7. The lowest BCUT2D eigenvalue weighted by molar-refractivity contribution is 0.112. The highest BCUT2D eigenvalue weighted by Gasteiger charge is 2.24. The van der Waals surface area contributed by atoms with Crippen molar-refractivity contribution in [2.45, 2.75) is 12.5 Å². The molecule has 0 aliphatic heterocycles. The fourth-order valence-corrected chi connectivity index (χ4v) is 0.963. The molecular formula is C8H11F2N3O2. The summed E-state index contributed by atoms with van der Waals surface area (Å²) in [6.07, 6.45) is -1.51. The van der Waals surface area contributed by atoms with Crippen LogP contribution >= 0.6 is 0 Å². The molecular weight excluding hydrogens is 208 g/mol. The maximum Gasteiger partial charge on any atom is 0.259 e. The average Bonchev–Trinajstić information content (AvgIpc) is 2.27. The van der Waals surface area contributed by atoms with Crippen LogP contribution in [0, 0.1) is 0 Å². The van der Waals surface area contributed by atoms with Gasteiger partial charge in [-0.05, 0) is 0 Å². The van der Waals surface area contributed by atoms with Gasteiger partial charge in [-0.3, -0.25) is 0 Å². The largest absolute Gasteiger partial charge is 0.480 e. The van der Waals surface area contributed by atoms with E-state index in [4.69, 9.17) is 15.2 Å². The summed E-state index contributed by atoms with van der Waals surface area (Å²) in [5, 5.41) is 0. The van der Waals surface area contributed by atoms with Gasteiger partial charge >= 0.3 is 0 Å². The van der Waals surface area contributed by atoms with Crippen LogP contribution < -0.4 is 15.2 Å². The molecule has 1 rings (SSSR count). The Morgan fingerprint density at radius 3 is 2.47 bits per heavy atom. The molecule has 1 aromatic rings. The zero-order chi connectivity index (χ0) is 11.4. The maximum absolute atomic E-state index is 12.3. The van der Waals surface area contributed by atoms with Crippen molar-refractivity contribution in [1.29, 1.82) is 0 Å². The molecule has 0 aromatic carbocycles. The summed E-state index contributed by atoms with van der Waals surface area (Å²) in [4.78, 5) is 7.52. The summed E-state index contributed by atoms with van der Waals surface area (Å²) >= 11 is 0. The Morgan fingerprint density at radius 1 is 1.33 bits per heavy atom. The molecule has 0 saturated heterocycles. The second-order valence-electron chi connectivity index (χ2n) is 2.67. The number of hydrogen-bond donors (Lipinski definition) is 1. The highest BCUT2D eigenvalue weighted by Crippen LogP contribution is 2.25. The van der Waals surface area contributed by atoms with E-state index in [9.17, 15) is 8.78 Å². The Bertz CT molecular complexity index is 336. The highest BCUT2D eigenvalue weighted by atomic mass is 19.3. The van der Waals surface area contributed by atoms with Crippen LogP contribution in [0.15, 0.2) is 6.20 Å². The molecule has 5 nitrogen and oxygen atoms in total. The van der Waals surface area contributed by atoms with Crippen molar-refractivity contribution in [2.24, 2.45) is 5.73 Å². The van der Waals surface area contributed by atoms with Gasteiger partial charge in [0, 0.05) is 0 Å². The number of nitrogens with zero attached hydrogens (tertiary/aromatic N) is 2. The van der Waals surface area contributed by atoms with Crippen LogP contribution in [-0.2, 0) is 0 Å². The average molecular weight is 219 g/mol. The molecule has 1 unspecified atom stereocenters. The van der Waals surface area contributed by atoms with Crippen LogP contribution in [0.25, 0.3) is 0 Å². The second kappa shape index (κ2) is 4.83.